The fourth-order valence-corrected chi connectivity index (χ4v) is 3.41. The van der Waals surface area contributed by atoms with E-state index in [2.05, 4.69) is 29.4 Å². The van der Waals surface area contributed by atoms with Crippen LogP contribution >= 0.6 is 0 Å². The summed E-state index contributed by atoms with van der Waals surface area (Å²) in [6, 6.07) is 12.2. The maximum atomic E-state index is 6.09. The van der Waals surface area contributed by atoms with Gasteiger partial charge in [0.2, 0.25) is 5.75 Å². The van der Waals surface area contributed by atoms with Gasteiger partial charge in [-0.3, -0.25) is 0 Å². The number of benzene rings is 2. The van der Waals surface area contributed by atoms with Crippen LogP contribution in [0.25, 0.3) is 0 Å². The van der Waals surface area contributed by atoms with Gasteiger partial charge in [0, 0.05) is 0 Å². The maximum absolute atomic E-state index is 6.09. The van der Waals surface area contributed by atoms with Gasteiger partial charge in [0.05, 0.1) is 33.4 Å². The molecule has 2 aromatic rings. The zero-order valence-corrected chi connectivity index (χ0v) is 15.6. The molecule has 0 saturated heterocycles. The summed E-state index contributed by atoms with van der Waals surface area (Å²) in [7, 11) is 4.81. The van der Waals surface area contributed by atoms with Gasteiger partial charge >= 0.3 is 0 Å². The van der Waals surface area contributed by atoms with Crippen molar-refractivity contribution in [2.45, 2.75) is 25.4 Å². The van der Waals surface area contributed by atoms with Crippen molar-refractivity contribution in [2.75, 3.05) is 21.3 Å². The van der Waals surface area contributed by atoms with E-state index >= 15 is 0 Å². The van der Waals surface area contributed by atoms with Gasteiger partial charge in [-0.2, -0.15) is 0 Å². The summed E-state index contributed by atoms with van der Waals surface area (Å²) in [6.45, 7) is 2.10. The number of ether oxygens (including phenoxy) is 3. The summed E-state index contributed by atoms with van der Waals surface area (Å²) in [6.07, 6.45) is 0.782. The molecule has 6 heteroatoms. The van der Waals surface area contributed by atoms with Gasteiger partial charge in [-0.25, -0.2) is 4.99 Å². The number of aliphatic imine (C=N–C) groups is 1. The summed E-state index contributed by atoms with van der Waals surface area (Å²) in [5.74, 6) is 2.23. The zero-order valence-electron chi connectivity index (χ0n) is 15.6. The van der Waals surface area contributed by atoms with Crippen LogP contribution in [-0.4, -0.2) is 27.3 Å². The van der Waals surface area contributed by atoms with Crippen LogP contribution in [0.5, 0.6) is 17.2 Å². The Hall–Kier alpha value is -2.89. The van der Waals surface area contributed by atoms with Crippen molar-refractivity contribution in [3.8, 4) is 17.2 Å². The van der Waals surface area contributed by atoms with Gasteiger partial charge in [-0.15, -0.1) is 0 Å². The summed E-state index contributed by atoms with van der Waals surface area (Å²) in [5.41, 5.74) is 9.51. The van der Waals surface area contributed by atoms with Crippen molar-refractivity contribution in [3.63, 3.8) is 0 Å². The van der Waals surface area contributed by atoms with E-state index in [1.807, 2.05) is 24.3 Å². The van der Waals surface area contributed by atoms with Crippen molar-refractivity contribution in [2.24, 2.45) is 10.7 Å². The molecule has 6 nitrogen and oxygen atoms in total. The van der Waals surface area contributed by atoms with Gasteiger partial charge < -0.3 is 25.3 Å². The van der Waals surface area contributed by atoms with Gasteiger partial charge in [0.25, 0.3) is 0 Å². The largest absolute Gasteiger partial charge is 0.493 e. The first kappa shape index (κ1) is 17.9. The number of guanidine groups is 1. The molecule has 0 spiro atoms. The summed E-state index contributed by atoms with van der Waals surface area (Å²) < 4.78 is 16.3. The molecule has 1 heterocycles. The molecule has 0 radical (unpaired) electrons. The lowest BCUT2D eigenvalue weighted by Gasteiger charge is -2.30. The second-order valence-corrected chi connectivity index (χ2v) is 6.28. The number of hydrogen-bond acceptors (Lipinski definition) is 6. The Balaban J connectivity index is 1.98. The average molecular weight is 355 g/mol. The van der Waals surface area contributed by atoms with E-state index in [-0.39, 0.29) is 12.1 Å². The molecule has 0 aliphatic carbocycles. The highest BCUT2D eigenvalue weighted by Crippen LogP contribution is 2.42. The minimum atomic E-state index is -0.102. The normalized spacial score (nSPS) is 19.3. The van der Waals surface area contributed by atoms with Crippen molar-refractivity contribution in [3.05, 3.63) is 53.1 Å². The number of nitrogens with one attached hydrogen (secondary N) is 1. The summed E-state index contributed by atoms with van der Waals surface area (Å²) in [4.78, 5) is 4.60. The Morgan fingerprint density at radius 1 is 1.04 bits per heavy atom. The predicted octanol–water partition coefficient (Wildman–Crippen LogP) is 3.11. The number of aryl methyl sites for hydroxylation is 1. The van der Waals surface area contributed by atoms with E-state index in [1.165, 1.54) is 11.1 Å². The van der Waals surface area contributed by atoms with E-state index in [0.29, 0.717) is 23.2 Å². The van der Waals surface area contributed by atoms with E-state index in [9.17, 15) is 0 Å². The average Bonchev–Trinajstić information content (AvgIpc) is 2.66. The monoisotopic (exact) mass is 355 g/mol. The Labute approximate surface area is 154 Å². The molecule has 0 fully saturated rings. The lowest BCUT2D eigenvalue weighted by atomic mass is 9.91. The molecule has 3 N–H and O–H groups in total. The molecule has 3 rings (SSSR count). The molecular weight excluding hydrogens is 330 g/mol. The molecule has 26 heavy (non-hydrogen) atoms. The molecule has 2 atom stereocenters. The second kappa shape index (κ2) is 7.56. The molecule has 0 saturated carbocycles. The first-order valence-corrected chi connectivity index (χ1v) is 8.52. The van der Waals surface area contributed by atoms with E-state index in [4.69, 9.17) is 19.9 Å². The van der Waals surface area contributed by atoms with E-state index in [1.54, 1.807) is 21.3 Å². The maximum Gasteiger partial charge on any atom is 0.203 e. The van der Waals surface area contributed by atoms with Crippen LogP contribution in [0.15, 0.2) is 41.4 Å². The standard InChI is InChI=1S/C20H25N3O3/c1-12-7-5-6-8-14(12)16-11-15(22-20(21)23-16)13-9-17(24-2)19(26-4)18(10-13)25-3/h5-10,15-16H,11H2,1-4H3,(H3,21,22,23). The van der Waals surface area contributed by atoms with Crippen LogP contribution in [0.2, 0.25) is 0 Å². The Morgan fingerprint density at radius 2 is 1.69 bits per heavy atom. The third kappa shape index (κ3) is 3.40. The van der Waals surface area contributed by atoms with Gasteiger partial charge in [0.1, 0.15) is 0 Å². The number of hydrogen-bond donors (Lipinski definition) is 2. The first-order chi connectivity index (χ1) is 12.6. The smallest absolute Gasteiger partial charge is 0.203 e. The van der Waals surface area contributed by atoms with Crippen LogP contribution in [0.4, 0.5) is 0 Å². The lowest BCUT2D eigenvalue weighted by molar-refractivity contribution is 0.323. The summed E-state index contributed by atoms with van der Waals surface area (Å²) in [5, 5.41) is 3.29. The Morgan fingerprint density at radius 3 is 2.27 bits per heavy atom. The number of nitrogens with two attached hydrogens (primary N) is 1. The molecule has 1 aliphatic heterocycles. The minimum Gasteiger partial charge on any atom is -0.493 e. The highest BCUT2D eigenvalue weighted by atomic mass is 16.5. The SMILES string of the molecule is COc1cc(C2CC(c3ccccc3C)NC(N)=N2)cc(OC)c1OC. The molecule has 2 aromatic carbocycles. The molecule has 1 aliphatic rings. The van der Waals surface area contributed by atoms with Crippen molar-refractivity contribution < 1.29 is 14.2 Å². The Kier molecular flexibility index (Phi) is 5.21. The van der Waals surface area contributed by atoms with Crippen LogP contribution in [-0.2, 0) is 0 Å². The topological polar surface area (TPSA) is 78.1 Å². The molecule has 138 valence electrons. The third-order valence-corrected chi connectivity index (χ3v) is 4.71. The van der Waals surface area contributed by atoms with Crippen LogP contribution in [0.1, 0.15) is 35.2 Å². The highest BCUT2D eigenvalue weighted by Gasteiger charge is 2.27. The van der Waals surface area contributed by atoms with Crippen LogP contribution in [0, 0.1) is 6.92 Å². The highest BCUT2D eigenvalue weighted by molar-refractivity contribution is 5.79. The van der Waals surface area contributed by atoms with Crippen molar-refractivity contribution >= 4 is 5.96 Å². The summed E-state index contributed by atoms with van der Waals surface area (Å²) >= 11 is 0. The van der Waals surface area contributed by atoms with Crippen molar-refractivity contribution in [1.82, 2.24) is 5.32 Å². The second-order valence-electron chi connectivity index (χ2n) is 6.28. The van der Waals surface area contributed by atoms with Crippen molar-refractivity contribution in [1.29, 1.82) is 0 Å². The number of methoxy groups -OCH3 is 3. The molecule has 0 aromatic heterocycles. The van der Waals surface area contributed by atoms with Gasteiger partial charge in [-0.05, 0) is 42.2 Å². The molecule has 0 amide bonds. The molecular formula is C20H25N3O3. The predicted molar refractivity (Wildman–Crippen MR) is 102 cm³/mol. The van der Waals surface area contributed by atoms with Gasteiger partial charge in [-0.1, -0.05) is 24.3 Å². The molecule has 2 unspecified atom stereocenters. The third-order valence-electron chi connectivity index (χ3n) is 4.71. The van der Waals surface area contributed by atoms with Gasteiger partial charge in [0.15, 0.2) is 17.5 Å². The molecule has 0 bridgehead atoms. The fourth-order valence-electron chi connectivity index (χ4n) is 3.41. The van der Waals surface area contributed by atoms with E-state index in [0.717, 1.165) is 12.0 Å². The minimum absolute atomic E-state index is 0.0952. The quantitative estimate of drug-likeness (QED) is 0.862. The van der Waals surface area contributed by atoms with Crippen LogP contribution in [0.3, 0.4) is 0 Å². The zero-order chi connectivity index (χ0) is 18.7. The van der Waals surface area contributed by atoms with Crippen LogP contribution < -0.4 is 25.3 Å². The number of rotatable bonds is 5. The fraction of sp³-hybridized carbons (Fsp3) is 0.350. The van der Waals surface area contributed by atoms with E-state index < -0.39 is 0 Å². The lowest BCUT2D eigenvalue weighted by Crippen LogP contribution is -2.39. The Bertz CT molecular complexity index is 795. The first-order valence-electron chi connectivity index (χ1n) is 8.52. The number of nitrogens with zero attached hydrogens (tertiary/aromatic N) is 1.